The lowest BCUT2D eigenvalue weighted by atomic mass is 9.95. The zero-order valence-corrected chi connectivity index (χ0v) is 12.1. The first-order chi connectivity index (χ1) is 8.97. The molecular formula is C13H25N3O3. The van der Waals surface area contributed by atoms with Gasteiger partial charge in [-0.05, 0) is 19.3 Å². The molecule has 19 heavy (non-hydrogen) atoms. The van der Waals surface area contributed by atoms with Crippen LogP contribution in [0.2, 0.25) is 0 Å². The first-order valence-electron chi connectivity index (χ1n) is 6.71. The van der Waals surface area contributed by atoms with Gasteiger partial charge in [-0.25, -0.2) is 0 Å². The number of nitrogens with zero attached hydrogens (tertiary/aromatic N) is 2. The Bertz CT molecular complexity index is 312. The molecule has 110 valence electrons. The maximum atomic E-state index is 12.1. The number of likely N-dealkylation sites (tertiary alicyclic amines) is 1. The van der Waals surface area contributed by atoms with E-state index in [1.807, 2.05) is 0 Å². The lowest BCUT2D eigenvalue weighted by Gasteiger charge is -2.33. The highest BCUT2D eigenvalue weighted by molar-refractivity contribution is 5.82. The molecule has 1 saturated heterocycles. The van der Waals surface area contributed by atoms with Crippen molar-refractivity contribution in [2.75, 3.05) is 40.9 Å². The second-order valence-electron chi connectivity index (χ2n) is 5.22. The van der Waals surface area contributed by atoms with Gasteiger partial charge in [0.05, 0.1) is 6.04 Å². The van der Waals surface area contributed by atoms with E-state index in [9.17, 15) is 9.59 Å². The van der Waals surface area contributed by atoms with Crippen molar-refractivity contribution < 1.29 is 14.3 Å². The summed E-state index contributed by atoms with van der Waals surface area (Å²) in [4.78, 5) is 27.3. The van der Waals surface area contributed by atoms with E-state index >= 15 is 0 Å². The van der Waals surface area contributed by atoms with Gasteiger partial charge in [0.25, 0.3) is 0 Å². The van der Waals surface area contributed by atoms with Crippen LogP contribution < -0.4 is 5.73 Å². The molecule has 0 spiro atoms. The fourth-order valence-electron chi connectivity index (χ4n) is 2.31. The fourth-order valence-corrected chi connectivity index (χ4v) is 2.31. The van der Waals surface area contributed by atoms with Crippen LogP contribution in [0.1, 0.15) is 19.3 Å². The molecule has 0 aromatic rings. The Labute approximate surface area is 114 Å². The lowest BCUT2D eigenvalue weighted by Crippen LogP contribution is -2.49. The van der Waals surface area contributed by atoms with Crippen molar-refractivity contribution in [3.8, 4) is 0 Å². The third kappa shape index (κ3) is 4.47. The van der Waals surface area contributed by atoms with Crippen molar-refractivity contribution in [3.05, 3.63) is 0 Å². The number of hydrogen-bond donors (Lipinski definition) is 1. The number of methoxy groups -OCH3 is 1. The molecule has 1 fully saturated rings. The van der Waals surface area contributed by atoms with E-state index in [4.69, 9.17) is 10.5 Å². The summed E-state index contributed by atoms with van der Waals surface area (Å²) in [5, 5.41) is 0. The van der Waals surface area contributed by atoms with Gasteiger partial charge in [-0.3, -0.25) is 9.59 Å². The average Bonchev–Trinajstić information content (AvgIpc) is 2.43. The molecule has 1 aliphatic heterocycles. The summed E-state index contributed by atoms with van der Waals surface area (Å²) in [5.41, 5.74) is 5.83. The standard InChI is InChI=1S/C13H25N3O3/c1-15(2)12(17)10-4-7-16(8-5-10)13(18)11(14)6-9-19-3/h10-11H,4-9,14H2,1-3H3. The molecule has 0 radical (unpaired) electrons. The number of hydrogen-bond acceptors (Lipinski definition) is 4. The molecule has 1 heterocycles. The van der Waals surface area contributed by atoms with Gasteiger partial charge in [0, 0.05) is 46.8 Å². The van der Waals surface area contributed by atoms with Crippen LogP contribution >= 0.6 is 0 Å². The molecule has 2 amide bonds. The van der Waals surface area contributed by atoms with Crippen molar-refractivity contribution in [1.29, 1.82) is 0 Å². The largest absolute Gasteiger partial charge is 0.385 e. The topological polar surface area (TPSA) is 75.9 Å². The number of ether oxygens (including phenoxy) is 1. The Morgan fingerprint density at radius 2 is 1.95 bits per heavy atom. The van der Waals surface area contributed by atoms with Gasteiger partial charge in [-0.1, -0.05) is 0 Å². The monoisotopic (exact) mass is 271 g/mol. The maximum absolute atomic E-state index is 12.1. The summed E-state index contributed by atoms with van der Waals surface area (Å²) in [6.07, 6.45) is 1.98. The van der Waals surface area contributed by atoms with E-state index in [0.717, 1.165) is 12.8 Å². The number of carbonyl (C=O) groups excluding carboxylic acids is 2. The summed E-state index contributed by atoms with van der Waals surface area (Å²) in [6, 6.07) is -0.499. The number of nitrogens with two attached hydrogens (primary N) is 1. The van der Waals surface area contributed by atoms with Gasteiger partial charge < -0.3 is 20.3 Å². The minimum Gasteiger partial charge on any atom is -0.385 e. The molecule has 1 rings (SSSR count). The van der Waals surface area contributed by atoms with Gasteiger partial charge in [0.1, 0.15) is 0 Å². The molecule has 1 atom stereocenters. The second kappa shape index (κ2) is 7.45. The van der Waals surface area contributed by atoms with E-state index < -0.39 is 6.04 Å². The lowest BCUT2D eigenvalue weighted by molar-refractivity contribution is -0.139. The smallest absolute Gasteiger partial charge is 0.239 e. The van der Waals surface area contributed by atoms with E-state index in [-0.39, 0.29) is 17.7 Å². The molecule has 0 bridgehead atoms. The highest BCUT2D eigenvalue weighted by Crippen LogP contribution is 2.19. The summed E-state index contributed by atoms with van der Waals surface area (Å²) in [5.74, 6) is 0.151. The van der Waals surface area contributed by atoms with Crippen molar-refractivity contribution in [2.24, 2.45) is 11.7 Å². The third-order valence-electron chi connectivity index (χ3n) is 3.55. The van der Waals surface area contributed by atoms with Crippen LogP contribution in [0.5, 0.6) is 0 Å². The SMILES string of the molecule is COCCC(N)C(=O)N1CCC(C(=O)N(C)C)CC1. The maximum Gasteiger partial charge on any atom is 0.239 e. The second-order valence-corrected chi connectivity index (χ2v) is 5.22. The van der Waals surface area contributed by atoms with Crippen LogP contribution in [0.4, 0.5) is 0 Å². The molecule has 6 heteroatoms. The zero-order chi connectivity index (χ0) is 14.4. The Kier molecular flexibility index (Phi) is 6.24. The highest BCUT2D eigenvalue weighted by atomic mass is 16.5. The van der Waals surface area contributed by atoms with Gasteiger partial charge in [-0.2, -0.15) is 0 Å². The zero-order valence-electron chi connectivity index (χ0n) is 12.1. The van der Waals surface area contributed by atoms with Crippen molar-refractivity contribution in [2.45, 2.75) is 25.3 Å². The molecule has 1 unspecified atom stereocenters. The predicted octanol–water partition coefficient (Wildman–Crippen LogP) is -0.323. The first kappa shape index (κ1) is 15.9. The quantitative estimate of drug-likeness (QED) is 0.743. The molecule has 0 saturated carbocycles. The molecule has 0 aromatic carbocycles. The van der Waals surface area contributed by atoms with Crippen molar-refractivity contribution >= 4 is 11.8 Å². The van der Waals surface area contributed by atoms with Crippen molar-refractivity contribution in [1.82, 2.24) is 9.80 Å². The minimum atomic E-state index is -0.499. The molecular weight excluding hydrogens is 246 g/mol. The predicted molar refractivity (Wildman–Crippen MR) is 72.5 cm³/mol. The highest BCUT2D eigenvalue weighted by Gasteiger charge is 2.29. The van der Waals surface area contributed by atoms with Gasteiger partial charge in [-0.15, -0.1) is 0 Å². The number of amides is 2. The fraction of sp³-hybridized carbons (Fsp3) is 0.846. The number of piperidine rings is 1. The Hall–Kier alpha value is -1.14. The van der Waals surface area contributed by atoms with Crippen LogP contribution in [-0.2, 0) is 14.3 Å². The summed E-state index contributed by atoms with van der Waals surface area (Å²) in [7, 11) is 5.12. The Balaban J connectivity index is 2.41. The number of rotatable bonds is 5. The van der Waals surface area contributed by atoms with E-state index in [0.29, 0.717) is 26.1 Å². The molecule has 6 nitrogen and oxygen atoms in total. The van der Waals surface area contributed by atoms with Crippen molar-refractivity contribution in [3.63, 3.8) is 0 Å². The minimum absolute atomic E-state index is 0.0344. The Morgan fingerprint density at radius 3 is 2.42 bits per heavy atom. The van der Waals surface area contributed by atoms with Crippen LogP contribution in [0, 0.1) is 5.92 Å². The molecule has 0 aromatic heterocycles. The van der Waals surface area contributed by atoms with Crippen LogP contribution in [0.15, 0.2) is 0 Å². The third-order valence-corrected chi connectivity index (χ3v) is 3.55. The summed E-state index contributed by atoms with van der Waals surface area (Å²) >= 11 is 0. The first-order valence-corrected chi connectivity index (χ1v) is 6.71. The summed E-state index contributed by atoms with van der Waals surface area (Å²) < 4.78 is 4.92. The van der Waals surface area contributed by atoms with Crippen LogP contribution in [0.25, 0.3) is 0 Å². The van der Waals surface area contributed by atoms with E-state index in [1.165, 1.54) is 0 Å². The van der Waals surface area contributed by atoms with E-state index in [2.05, 4.69) is 0 Å². The number of carbonyl (C=O) groups is 2. The van der Waals surface area contributed by atoms with Crippen LogP contribution in [0.3, 0.4) is 0 Å². The summed E-state index contributed by atoms with van der Waals surface area (Å²) in [6.45, 7) is 1.72. The molecule has 2 N–H and O–H groups in total. The van der Waals surface area contributed by atoms with Gasteiger partial charge in [0.15, 0.2) is 0 Å². The van der Waals surface area contributed by atoms with E-state index in [1.54, 1.807) is 31.0 Å². The molecule has 0 aliphatic carbocycles. The Morgan fingerprint density at radius 1 is 1.37 bits per heavy atom. The van der Waals surface area contributed by atoms with Crippen LogP contribution in [-0.4, -0.2) is 68.6 Å². The molecule has 1 aliphatic rings. The average molecular weight is 271 g/mol. The van der Waals surface area contributed by atoms with Gasteiger partial charge in [0.2, 0.25) is 11.8 Å². The van der Waals surface area contributed by atoms with Gasteiger partial charge >= 0.3 is 0 Å². The normalized spacial score (nSPS) is 18.2.